The molecule has 3 nitrogen and oxygen atoms in total. The van der Waals surface area contributed by atoms with Crippen LogP contribution >= 0.6 is 0 Å². The fourth-order valence-corrected chi connectivity index (χ4v) is 1.29. The van der Waals surface area contributed by atoms with Crippen LogP contribution < -0.4 is 0 Å². The zero-order valence-corrected chi connectivity index (χ0v) is 10.0. The molecular formula is C14H18O3. The fraction of sp³-hybridized carbons (Fsp3) is 0.357. The number of carbonyl (C=O) groups is 1. The Morgan fingerprint density at radius 3 is 2.76 bits per heavy atom. The molecule has 0 saturated heterocycles. The van der Waals surface area contributed by atoms with Gasteiger partial charge < -0.3 is 9.84 Å². The summed E-state index contributed by atoms with van der Waals surface area (Å²) in [6.45, 7) is 1.93. The van der Waals surface area contributed by atoms with E-state index in [0.717, 1.165) is 5.56 Å². The molecule has 0 spiro atoms. The second kappa shape index (κ2) is 7.63. The molecule has 0 heterocycles. The molecule has 1 aromatic rings. The minimum absolute atomic E-state index is 0.261. The van der Waals surface area contributed by atoms with Gasteiger partial charge in [-0.2, -0.15) is 0 Å². The van der Waals surface area contributed by atoms with E-state index in [1.54, 1.807) is 13.0 Å². The first-order valence-corrected chi connectivity index (χ1v) is 5.74. The number of aliphatic hydroxyl groups is 1. The molecule has 0 aliphatic carbocycles. The highest BCUT2D eigenvalue weighted by molar-refractivity contribution is 5.69. The standard InChI is InChI=1S/C14H18O3/c1-12(15)9-10-14(16)17-11-5-8-13-6-3-2-4-7-13/h2-8,12,15H,9-11H2,1H3. The van der Waals surface area contributed by atoms with E-state index in [0.29, 0.717) is 6.42 Å². The van der Waals surface area contributed by atoms with Crippen molar-refractivity contribution in [3.63, 3.8) is 0 Å². The van der Waals surface area contributed by atoms with Crippen molar-refractivity contribution in [3.8, 4) is 0 Å². The Hall–Kier alpha value is -1.61. The van der Waals surface area contributed by atoms with Crippen LogP contribution in [-0.4, -0.2) is 23.8 Å². The van der Waals surface area contributed by atoms with Gasteiger partial charge in [0.05, 0.1) is 6.10 Å². The van der Waals surface area contributed by atoms with Crippen molar-refractivity contribution in [2.45, 2.75) is 25.9 Å². The highest BCUT2D eigenvalue weighted by Crippen LogP contribution is 2.01. The van der Waals surface area contributed by atoms with Gasteiger partial charge in [-0.05, 0) is 25.0 Å². The van der Waals surface area contributed by atoms with E-state index < -0.39 is 6.10 Å². The lowest BCUT2D eigenvalue weighted by Gasteiger charge is -2.03. The van der Waals surface area contributed by atoms with E-state index in [1.165, 1.54) is 0 Å². The van der Waals surface area contributed by atoms with Crippen LogP contribution in [-0.2, 0) is 9.53 Å². The molecule has 0 amide bonds. The van der Waals surface area contributed by atoms with E-state index >= 15 is 0 Å². The lowest BCUT2D eigenvalue weighted by atomic mass is 10.2. The lowest BCUT2D eigenvalue weighted by Crippen LogP contribution is -2.08. The van der Waals surface area contributed by atoms with Gasteiger partial charge in [0.2, 0.25) is 0 Å². The molecule has 1 atom stereocenters. The van der Waals surface area contributed by atoms with E-state index in [9.17, 15) is 4.79 Å². The molecule has 1 aromatic carbocycles. The molecule has 92 valence electrons. The van der Waals surface area contributed by atoms with E-state index in [2.05, 4.69) is 0 Å². The van der Waals surface area contributed by atoms with Crippen LogP contribution in [0.1, 0.15) is 25.3 Å². The van der Waals surface area contributed by atoms with Gasteiger partial charge in [-0.25, -0.2) is 0 Å². The summed E-state index contributed by atoms with van der Waals surface area (Å²) in [7, 11) is 0. The second-order valence-electron chi connectivity index (χ2n) is 3.88. The summed E-state index contributed by atoms with van der Waals surface area (Å²) in [5, 5.41) is 9.00. The van der Waals surface area contributed by atoms with Crippen LogP contribution in [0, 0.1) is 0 Å². The van der Waals surface area contributed by atoms with E-state index in [1.807, 2.05) is 36.4 Å². The van der Waals surface area contributed by atoms with Gasteiger partial charge in [0.15, 0.2) is 0 Å². The number of hydrogen-bond acceptors (Lipinski definition) is 3. The van der Waals surface area contributed by atoms with Crippen molar-refractivity contribution in [1.29, 1.82) is 0 Å². The molecule has 1 N–H and O–H groups in total. The van der Waals surface area contributed by atoms with Gasteiger partial charge >= 0.3 is 5.97 Å². The molecule has 0 aromatic heterocycles. The summed E-state index contributed by atoms with van der Waals surface area (Å²) in [5.74, 6) is -0.274. The maximum atomic E-state index is 11.2. The van der Waals surface area contributed by atoms with Crippen LogP contribution in [0.3, 0.4) is 0 Å². The number of ether oxygens (including phenoxy) is 1. The first-order valence-electron chi connectivity index (χ1n) is 5.74. The highest BCUT2D eigenvalue weighted by atomic mass is 16.5. The second-order valence-corrected chi connectivity index (χ2v) is 3.88. The zero-order chi connectivity index (χ0) is 12.5. The third kappa shape index (κ3) is 6.53. The minimum atomic E-state index is -0.456. The van der Waals surface area contributed by atoms with Crippen LogP contribution in [0.25, 0.3) is 6.08 Å². The number of carbonyl (C=O) groups excluding carboxylic acids is 1. The van der Waals surface area contributed by atoms with Gasteiger partial charge in [0.1, 0.15) is 6.61 Å². The molecule has 0 bridgehead atoms. The number of rotatable bonds is 6. The normalized spacial score (nSPS) is 12.6. The lowest BCUT2D eigenvalue weighted by molar-refractivity contribution is -0.142. The summed E-state index contributed by atoms with van der Waals surface area (Å²) in [5.41, 5.74) is 1.08. The summed E-state index contributed by atoms with van der Waals surface area (Å²) in [4.78, 5) is 11.2. The van der Waals surface area contributed by atoms with Gasteiger partial charge in [-0.1, -0.05) is 36.4 Å². The van der Waals surface area contributed by atoms with Crippen molar-refractivity contribution in [3.05, 3.63) is 42.0 Å². The molecule has 1 unspecified atom stereocenters. The Kier molecular flexibility index (Phi) is 6.04. The van der Waals surface area contributed by atoms with Crippen LogP contribution in [0.4, 0.5) is 0 Å². The van der Waals surface area contributed by atoms with Crippen molar-refractivity contribution >= 4 is 12.0 Å². The highest BCUT2D eigenvalue weighted by Gasteiger charge is 2.03. The largest absolute Gasteiger partial charge is 0.461 e. The molecule has 17 heavy (non-hydrogen) atoms. The van der Waals surface area contributed by atoms with Gasteiger partial charge in [0, 0.05) is 6.42 Å². The van der Waals surface area contributed by atoms with Crippen LogP contribution in [0.15, 0.2) is 36.4 Å². The Morgan fingerprint density at radius 2 is 2.12 bits per heavy atom. The molecule has 0 saturated carbocycles. The molecule has 0 radical (unpaired) electrons. The van der Waals surface area contributed by atoms with Crippen LogP contribution in [0.2, 0.25) is 0 Å². The van der Waals surface area contributed by atoms with Gasteiger partial charge in [-0.3, -0.25) is 4.79 Å². The smallest absolute Gasteiger partial charge is 0.306 e. The van der Waals surface area contributed by atoms with Gasteiger partial charge in [-0.15, -0.1) is 0 Å². The minimum Gasteiger partial charge on any atom is -0.461 e. The van der Waals surface area contributed by atoms with Crippen molar-refractivity contribution in [2.75, 3.05) is 6.61 Å². The van der Waals surface area contributed by atoms with E-state index in [-0.39, 0.29) is 19.0 Å². The summed E-state index contributed by atoms with van der Waals surface area (Å²) in [6, 6.07) is 9.81. The first-order chi connectivity index (χ1) is 8.18. The Bertz CT molecular complexity index is 355. The molecule has 3 heteroatoms. The van der Waals surface area contributed by atoms with E-state index in [4.69, 9.17) is 9.84 Å². The summed E-state index contributed by atoms with van der Waals surface area (Å²) < 4.78 is 4.98. The maximum absolute atomic E-state index is 11.2. The van der Waals surface area contributed by atoms with Crippen molar-refractivity contribution < 1.29 is 14.6 Å². The van der Waals surface area contributed by atoms with Crippen molar-refractivity contribution in [2.24, 2.45) is 0 Å². The molecule has 0 fully saturated rings. The zero-order valence-electron chi connectivity index (χ0n) is 10.0. The summed E-state index contributed by atoms with van der Waals surface area (Å²) in [6.07, 6.45) is 3.96. The molecule has 1 rings (SSSR count). The number of hydrogen-bond donors (Lipinski definition) is 1. The number of benzene rings is 1. The fourth-order valence-electron chi connectivity index (χ4n) is 1.29. The number of esters is 1. The Balaban J connectivity index is 2.19. The predicted octanol–water partition coefficient (Wildman–Crippen LogP) is 2.40. The third-order valence-corrected chi connectivity index (χ3v) is 2.22. The monoisotopic (exact) mass is 234 g/mol. The average molecular weight is 234 g/mol. The van der Waals surface area contributed by atoms with Crippen LogP contribution in [0.5, 0.6) is 0 Å². The predicted molar refractivity (Wildman–Crippen MR) is 67.3 cm³/mol. The Labute approximate surface area is 102 Å². The first kappa shape index (κ1) is 13.5. The molecular weight excluding hydrogens is 216 g/mol. The molecule has 0 aliphatic heterocycles. The van der Waals surface area contributed by atoms with Gasteiger partial charge in [0.25, 0.3) is 0 Å². The average Bonchev–Trinajstić information content (AvgIpc) is 2.33. The quantitative estimate of drug-likeness (QED) is 0.769. The molecule has 0 aliphatic rings. The Morgan fingerprint density at radius 1 is 1.41 bits per heavy atom. The number of aliphatic hydroxyl groups excluding tert-OH is 1. The van der Waals surface area contributed by atoms with Crippen molar-refractivity contribution in [1.82, 2.24) is 0 Å². The summed E-state index contributed by atoms with van der Waals surface area (Å²) >= 11 is 0. The topological polar surface area (TPSA) is 46.5 Å². The maximum Gasteiger partial charge on any atom is 0.306 e. The third-order valence-electron chi connectivity index (χ3n) is 2.22. The SMILES string of the molecule is CC(O)CCC(=O)OCC=Cc1ccccc1.